The van der Waals surface area contributed by atoms with Gasteiger partial charge in [0, 0.05) is 25.1 Å². The van der Waals surface area contributed by atoms with Gasteiger partial charge in [0.2, 0.25) is 0 Å². The van der Waals surface area contributed by atoms with E-state index < -0.39 is 49.6 Å². The van der Waals surface area contributed by atoms with Gasteiger partial charge in [0.15, 0.2) is 25.2 Å². The Morgan fingerprint density at radius 3 is 0.618 bits per heavy atom. The first-order valence-corrected chi connectivity index (χ1v) is 24.6. The van der Waals surface area contributed by atoms with Crippen LogP contribution in [0.25, 0.3) is 42.5 Å². The van der Waals surface area contributed by atoms with Crippen LogP contribution in [0.2, 0.25) is 0 Å². The molecule has 28 heteroatoms. The minimum Gasteiger partial charge on any atom is -0.666 e. The zero-order valence-corrected chi connectivity index (χ0v) is 53.6. The van der Waals surface area contributed by atoms with Crippen molar-refractivity contribution >= 4 is 0 Å². The van der Waals surface area contributed by atoms with Crippen LogP contribution in [-0.2, 0) is 68.3 Å². The predicted molar refractivity (Wildman–Crippen MR) is 291 cm³/mol. The molecular formula is C48H114Mn4N8O16. The van der Waals surface area contributed by atoms with Crippen LogP contribution in [0.4, 0.5) is 0 Å². The van der Waals surface area contributed by atoms with E-state index in [1.807, 2.05) is 83.6 Å². The zero-order chi connectivity index (χ0) is 58.7. The minimum absolute atomic E-state index is 0. The van der Waals surface area contributed by atoms with E-state index >= 15 is 0 Å². The monoisotopic (exact) mass is 1280 g/mol. The summed E-state index contributed by atoms with van der Waals surface area (Å²) in [5.74, 6) is -1.46. The number of hydrogen-bond acceptors (Lipinski definition) is 16. The smallest absolute Gasteiger partial charge is 0.666 e. The molecule has 6 unspecified atom stereocenters. The van der Waals surface area contributed by atoms with Gasteiger partial charge in [-0.25, -0.2) is 0 Å². The fourth-order valence-corrected chi connectivity index (χ4v) is 4.09. The summed E-state index contributed by atoms with van der Waals surface area (Å²) in [5, 5.41) is 163. The first-order valence-electron chi connectivity index (χ1n) is 24.6. The van der Waals surface area contributed by atoms with E-state index in [0.717, 1.165) is 104 Å². The van der Waals surface area contributed by atoms with Crippen LogP contribution in [0.5, 0.6) is 0 Å². The zero-order valence-electron chi connectivity index (χ0n) is 48.9. The molecule has 0 bridgehead atoms. The van der Waals surface area contributed by atoms with Crippen LogP contribution in [0.15, 0.2) is 0 Å². The van der Waals surface area contributed by atoms with Gasteiger partial charge in [0.1, 0.15) is 0 Å². The van der Waals surface area contributed by atoms with Crippen molar-refractivity contribution in [2.75, 3.05) is 107 Å². The summed E-state index contributed by atoms with van der Waals surface area (Å²) >= 11 is 0. The van der Waals surface area contributed by atoms with E-state index in [1.54, 1.807) is 27.7 Å². The van der Waals surface area contributed by atoms with Crippen LogP contribution in [0.3, 0.4) is 0 Å². The SMILES string of the molecule is CC(CC(C)C(O)O)[C-](O)O.CC(CC(C)C(O)O)[C-](O)O.CCCC(C)C(O)O.CCCC(C)C(O)O.CC[N-]CC[N-]C.CC[N-]CC[N-]C.CC[N-]CC[N-]C.CC[N-]CC[N-]C.O[CH-]O.O[CH-]O.[HH].[Mn+3].[Mn+3].[Mn+3].[Mn+3]. The van der Waals surface area contributed by atoms with Crippen LogP contribution in [0.1, 0.15) is 123 Å². The molecule has 0 aliphatic heterocycles. The van der Waals surface area contributed by atoms with Gasteiger partial charge in [-0.2, -0.15) is 107 Å². The summed E-state index contributed by atoms with van der Waals surface area (Å²) in [7, 11) is 7.24. The molecule has 0 amide bonds. The minimum atomic E-state index is -1.39. The van der Waals surface area contributed by atoms with Crippen LogP contribution >= 0.6 is 0 Å². The van der Waals surface area contributed by atoms with E-state index in [4.69, 9.17) is 81.7 Å². The van der Waals surface area contributed by atoms with Gasteiger partial charge in [0.25, 0.3) is 0 Å². The van der Waals surface area contributed by atoms with Crippen molar-refractivity contribution < 1.29 is 151 Å². The van der Waals surface area contributed by atoms with Crippen LogP contribution < -0.4 is 0 Å². The van der Waals surface area contributed by atoms with Gasteiger partial charge >= 0.3 is 68.3 Å². The van der Waals surface area contributed by atoms with Crippen molar-refractivity contribution in [3.05, 3.63) is 68.7 Å². The average Bonchev–Trinajstić information content (AvgIpc) is 3.31. The second-order valence-electron chi connectivity index (χ2n) is 15.6. The van der Waals surface area contributed by atoms with E-state index in [0.29, 0.717) is 12.8 Å². The molecule has 0 radical (unpaired) electrons. The third kappa shape index (κ3) is 136. The predicted octanol–water partition coefficient (Wildman–Crippen LogP) is 7.33. The molecule has 0 aromatic rings. The summed E-state index contributed by atoms with van der Waals surface area (Å²) in [6.07, 6.45) is -1.86. The average molecular weight is 1280 g/mol. The van der Waals surface area contributed by atoms with Crippen molar-refractivity contribution in [1.29, 1.82) is 0 Å². The number of hydrogen-bond donors (Lipinski definition) is 16. The standard InChI is InChI=1S/2C7H15O4.2C6H14O2.4C5H12N2.2CH3O2.4Mn.H2/c2*1-4(6(8)9)3-5(2)7(10)11;2*1-3-4-5(2)6(7)8;4*1-3-7-5-4-6-2;2*2-1-3;;;;;/h2*4-6,8-11H,3H2,1-2H3;2*5-8H,3-4H2,1-2H3;4*3-5H2,1-2H3;2*1-3H;;;;;1H/q2*-1;;;4*-2;2*-1;4*+3;. The summed E-state index contributed by atoms with van der Waals surface area (Å²) in [6.45, 7) is 33.1. The Kier molecular flexibility index (Phi) is 149. The number of likely N-dealkylation sites (N-methyl/N-ethyl adjacent to an activating group) is 8. The Bertz CT molecular complexity index is 750. The van der Waals surface area contributed by atoms with Crippen LogP contribution in [-0.4, -0.2) is 214 Å². The number of rotatable bonds is 30. The Morgan fingerprint density at radius 2 is 0.526 bits per heavy atom. The molecule has 0 aromatic heterocycles. The Balaban J connectivity index is -0.0000000431. The second-order valence-corrected chi connectivity index (χ2v) is 15.6. The Morgan fingerprint density at radius 1 is 0.355 bits per heavy atom. The summed E-state index contributed by atoms with van der Waals surface area (Å²) in [6, 6.07) is 0. The maximum Gasteiger partial charge on any atom is 3.00 e. The normalized spacial score (nSPS) is 12.1. The molecule has 0 rings (SSSR count). The number of aliphatic hydroxyl groups excluding tert-OH is 8. The van der Waals surface area contributed by atoms with Crippen molar-refractivity contribution in [2.45, 2.75) is 147 Å². The summed E-state index contributed by atoms with van der Waals surface area (Å²) < 4.78 is 0. The van der Waals surface area contributed by atoms with Gasteiger partial charge in [-0.05, 0) is 12.8 Å². The van der Waals surface area contributed by atoms with Crippen molar-refractivity contribution in [2.24, 2.45) is 35.5 Å². The molecule has 0 saturated carbocycles. The maximum atomic E-state index is 8.63. The molecule has 16 N–H and O–H groups in total. The molecule has 6 atom stereocenters. The quantitative estimate of drug-likeness (QED) is 0.0145. The molecule has 0 spiro atoms. The number of aliphatic hydroxyl groups is 16. The van der Waals surface area contributed by atoms with Crippen molar-refractivity contribution in [3.8, 4) is 0 Å². The molecule has 0 aliphatic carbocycles. The molecule has 0 aliphatic rings. The fraction of sp³-hybridized carbons (Fsp3) is 0.917. The van der Waals surface area contributed by atoms with E-state index in [2.05, 4.69) is 42.5 Å². The van der Waals surface area contributed by atoms with E-state index in [1.165, 1.54) is 0 Å². The Hall–Kier alpha value is 1.12. The molecule has 24 nitrogen and oxygen atoms in total. The van der Waals surface area contributed by atoms with Gasteiger partial charge in [0.05, 0.1) is 0 Å². The third-order valence-electron chi connectivity index (χ3n) is 8.68. The summed E-state index contributed by atoms with van der Waals surface area (Å²) in [4.78, 5) is 0. The van der Waals surface area contributed by atoms with Crippen LogP contribution in [0, 0.1) is 61.7 Å². The number of nitrogens with zero attached hydrogens (tertiary/aromatic N) is 8. The largest absolute Gasteiger partial charge is 3.00 e. The molecule has 0 heterocycles. The third-order valence-corrected chi connectivity index (χ3v) is 8.68. The topological polar surface area (TPSA) is 436 Å². The second kappa shape index (κ2) is 101. The molecule has 0 fully saturated rings. The fourth-order valence-electron chi connectivity index (χ4n) is 4.09. The van der Waals surface area contributed by atoms with Gasteiger partial charge < -0.3 is 124 Å². The molecule has 470 valence electrons. The molecule has 76 heavy (non-hydrogen) atoms. The van der Waals surface area contributed by atoms with Gasteiger partial charge in [-0.1, -0.05) is 121 Å². The van der Waals surface area contributed by atoms with Crippen molar-refractivity contribution in [1.82, 2.24) is 0 Å². The van der Waals surface area contributed by atoms with Gasteiger partial charge in [-0.15, -0.1) is 25.4 Å². The van der Waals surface area contributed by atoms with Crippen molar-refractivity contribution in [3.63, 3.8) is 0 Å². The molecule has 0 aromatic carbocycles. The first-order chi connectivity index (χ1) is 33.7. The summed E-state index contributed by atoms with van der Waals surface area (Å²) in [5.41, 5.74) is 0. The van der Waals surface area contributed by atoms with E-state index in [-0.39, 0.29) is 107 Å². The molecule has 0 saturated heterocycles. The first kappa shape index (κ1) is 112. The van der Waals surface area contributed by atoms with Gasteiger partial charge in [-0.3, -0.25) is 0 Å². The maximum absolute atomic E-state index is 8.63. The Labute approximate surface area is 506 Å². The van der Waals surface area contributed by atoms with E-state index in [9.17, 15) is 0 Å². The molecular weight excluding hydrogens is 1160 g/mol.